The van der Waals surface area contributed by atoms with Gasteiger partial charge in [0.2, 0.25) is 0 Å². The summed E-state index contributed by atoms with van der Waals surface area (Å²) in [6.45, 7) is 13.1. The van der Waals surface area contributed by atoms with Crippen LogP contribution in [0.2, 0.25) is 0 Å². The normalized spacial score (nSPS) is 30.6. The molecule has 1 aliphatic carbocycles. The van der Waals surface area contributed by atoms with E-state index < -0.39 is 0 Å². The second kappa shape index (κ2) is 7.08. The first-order valence-electron chi connectivity index (χ1n) is 8.17. The lowest BCUT2D eigenvalue weighted by atomic mass is 9.69. The molecule has 0 aromatic rings. The van der Waals surface area contributed by atoms with Gasteiger partial charge in [-0.2, -0.15) is 0 Å². The Morgan fingerprint density at radius 1 is 1.26 bits per heavy atom. The van der Waals surface area contributed by atoms with Crippen molar-refractivity contribution in [2.45, 2.75) is 72.4 Å². The van der Waals surface area contributed by atoms with E-state index in [4.69, 9.17) is 0 Å². The van der Waals surface area contributed by atoms with Crippen LogP contribution in [0.15, 0.2) is 0 Å². The Balaban J connectivity index is 2.69. The van der Waals surface area contributed by atoms with Crippen molar-refractivity contribution >= 4 is 0 Å². The van der Waals surface area contributed by atoms with Crippen LogP contribution in [-0.2, 0) is 0 Å². The highest BCUT2D eigenvalue weighted by molar-refractivity contribution is 4.93. The van der Waals surface area contributed by atoms with Gasteiger partial charge < -0.3 is 10.2 Å². The summed E-state index contributed by atoms with van der Waals surface area (Å²) in [6, 6.07) is 1.38. The van der Waals surface area contributed by atoms with Crippen molar-refractivity contribution in [1.82, 2.24) is 10.2 Å². The minimum Gasteiger partial charge on any atom is -0.315 e. The van der Waals surface area contributed by atoms with Gasteiger partial charge in [0.25, 0.3) is 0 Å². The Bertz CT molecular complexity index is 256. The zero-order valence-corrected chi connectivity index (χ0v) is 14.3. The van der Waals surface area contributed by atoms with Crippen molar-refractivity contribution in [1.29, 1.82) is 0 Å². The van der Waals surface area contributed by atoms with Crippen LogP contribution in [0, 0.1) is 17.3 Å². The highest BCUT2D eigenvalue weighted by Crippen LogP contribution is 2.39. The Morgan fingerprint density at radius 2 is 1.89 bits per heavy atom. The van der Waals surface area contributed by atoms with Gasteiger partial charge in [0.05, 0.1) is 0 Å². The van der Waals surface area contributed by atoms with E-state index in [1.54, 1.807) is 0 Å². The van der Waals surface area contributed by atoms with E-state index >= 15 is 0 Å². The van der Waals surface area contributed by atoms with Gasteiger partial charge >= 0.3 is 0 Å². The van der Waals surface area contributed by atoms with Crippen LogP contribution in [-0.4, -0.2) is 37.6 Å². The van der Waals surface area contributed by atoms with Gasteiger partial charge in [-0.1, -0.05) is 41.0 Å². The van der Waals surface area contributed by atoms with Gasteiger partial charge in [0, 0.05) is 18.6 Å². The molecule has 0 amide bonds. The molecule has 4 unspecified atom stereocenters. The molecule has 1 aliphatic rings. The van der Waals surface area contributed by atoms with Crippen LogP contribution >= 0.6 is 0 Å². The van der Waals surface area contributed by atoms with Crippen LogP contribution in [0.4, 0.5) is 0 Å². The van der Waals surface area contributed by atoms with Gasteiger partial charge in [-0.25, -0.2) is 0 Å². The summed E-state index contributed by atoms with van der Waals surface area (Å²) in [7, 11) is 4.46. The van der Waals surface area contributed by atoms with E-state index in [0.717, 1.165) is 11.8 Å². The monoisotopic (exact) mass is 268 g/mol. The molecule has 1 rings (SSSR count). The molecule has 0 saturated heterocycles. The molecular weight excluding hydrogens is 232 g/mol. The molecule has 0 spiro atoms. The number of hydrogen-bond acceptors (Lipinski definition) is 2. The fraction of sp³-hybridized carbons (Fsp3) is 1.00. The number of likely N-dealkylation sites (N-methyl/N-ethyl adjacent to an activating group) is 2. The third kappa shape index (κ3) is 4.75. The first-order valence-corrected chi connectivity index (χ1v) is 8.17. The van der Waals surface area contributed by atoms with Crippen molar-refractivity contribution in [3.8, 4) is 0 Å². The van der Waals surface area contributed by atoms with Crippen LogP contribution < -0.4 is 5.32 Å². The summed E-state index contributed by atoms with van der Waals surface area (Å²) in [5.41, 5.74) is 0.453. The van der Waals surface area contributed by atoms with Crippen molar-refractivity contribution in [2.75, 3.05) is 20.6 Å². The highest BCUT2D eigenvalue weighted by Gasteiger charge is 2.37. The summed E-state index contributed by atoms with van der Waals surface area (Å²) in [4.78, 5) is 2.62. The Hall–Kier alpha value is -0.0800. The third-order valence-corrected chi connectivity index (χ3v) is 5.27. The van der Waals surface area contributed by atoms with E-state index in [1.165, 1.54) is 32.2 Å². The molecule has 4 atom stereocenters. The highest BCUT2D eigenvalue weighted by atomic mass is 15.2. The van der Waals surface area contributed by atoms with Crippen molar-refractivity contribution in [2.24, 2.45) is 17.3 Å². The summed E-state index contributed by atoms with van der Waals surface area (Å²) in [5.74, 6) is 1.67. The van der Waals surface area contributed by atoms with Crippen LogP contribution in [0.1, 0.15) is 60.3 Å². The van der Waals surface area contributed by atoms with E-state index in [1.807, 2.05) is 0 Å². The molecule has 2 nitrogen and oxygen atoms in total. The molecule has 0 aromatic heterocycles. The van der Waals surface area contributed by atoms with E-state index in [0.29, 0.717) is 17.5 Å². The molecule has 0 aliphatic heterocycles. The SMILES string of the molecule is CCC(C)CN(C)C1CC(C(C)(C)C)CCC1NC. The van der Waals surface area contributed by atoms with E-state index in [-0.39, 0.29) is 0 Å². The lowest BCUT2D eigenvalue weighted by Gasteiger charge is -2.45. The first kappa shape index (κ1) is 17.0. The van der Waals surface area contributed by atoms with Gasteiger partial charge in [-0.05, 0) is 50.6 Å². The maximum absolute atomic E-state index is 3.56. The average Bonchev–Trinajstić information content (AvgIpc) is 2.36. The van der Waals surface area contributed by atoms with Gasteiger partial charge in [0.15, 0.2) is 0 Å². The summed E-state index contributed by atoms with van der Waals surface area (Å²) < 4.78 is 0. The van der Waals surface area contributed by atoms with Crippen LogP contribution in [0.3, 0.4) is 0 Å². The largest absolute Gasteiger partial charge is 0.315 e. The molecule has 19 heavy (non-hydrogen) atoms. The Kier molecular flexibility index (Phi) is 6.32. The zero-order valence-electron chi connectivity index (χ0n) is 14.3. The topological polar surface area (TPSA) is 15.3 Å². The smallest absolute Gasteiger partial charge is 0.0249 e. The molecule has 2 heteroatoms. The predicted octanol–water partition coefficient (Wildman–Crippen LogP) is 3.77. The number of rotatable bonds is 5. The van der Waals surface area contributed by atoms with Crippen molar-refractivity contribution in [3.63, 3.8) is 0 Å². The minimum atomic E-state index is 0.453. The first-order chi connectivity index (χ1) is 8.79. The van der Waals surface area contributed by atoms with Gasteiger partial charge in [0.1, 0.15) is 0 Å². The summed E-state index contributed by atoms with van der Waals surface area (Å²) >= 11 is 0. The zero-order chi connectivity index (χ0) is 14.6. The molecule has 1 fully saturated rings. The molecule has 0 heterocycles. The molecule has 114 valence electrons. The molecule has 1 saturated carbocycles. The van der Waals surface area contributed by atoms with E-state index in [9.17, 15) is 0 Å². The van der Waals surface area contributed by atoms with E-state index in [2.05, 4.69) is 58.9 Å². The Labute approximate surface area is 121 Å². The Morgan fingerprint density at radius 3 is 2.37 bits per heavy atom. The minimum absolute atomic E-state index is 0.453. The van der Waals surface area contributed by atoms with Gasteiger partial charge in [-0.15, -0.1) is 0 Å². The molecule has 0 aromatic carbocycles. The van der Waals surface area contributed by atoms with Gasteiger partial charge in [-0.3, -0.25) is 0 Å². The van der Waals surface area contributed by atoms with Crippen LogP contribution in [0.25, 0.3) is 0 Å². The predicted molar refractivity (Wildman–Crippen MR) is 85.5 cm³/mol. The summed E-state index contributed by atoms with van der Waals surface area (Å²) in [5, 5.41) is 3.56. The lowest BCUT2D eigenvalue weighted by Crippen LogP contribution is -2.53. The molecule has 0 radical (unpaired) electrons. The molecule has 0 bridgehead atoms. The van der Waals surface area contributed by atoms with Crippen molar-refractivity contribution < 1.29 is 0 Å². The average molecular weight is 268 g/mol. The number of nitrogens with one attached hydrogen (secondary N) is 1. The molecule has 1 N–H and O–H groups in total. The van der Waals surface area contributed by atoms with Crippen molar-refractivity contribution in [3.05, 3.63) is 0 Å². The fourth-order valence-corrected chi connectivity index (χ4v) is 3.51. The standard InChI is InChI=1S/C17H36N2/c1-8-13(2)12-19(7)16-11-14(17(3,4)5)9-10-15(16)18-6/h13-16,18H,8-12H2,1-7H3. The quantitative estimate of drug-likeness (QED) is 0.816. The second-order valence-electron chi connectivity index (χ2n) is 7.79. The maximum atomic E-state index is 3.56. The van der Waals surface area contributed by atoms with Crippen LogP contribution in [0.5, 0.6) is 0 Å². The number of nitrogens with zero attached hydrogens (tertiary/aromatic N) is 1. The number of hydrogen-bond donors (Lipinski definition) is 1. The summed E-state index contributed by atoms with van der Waals surface area (Å²) in [6.07, 6.45) is 5.34. The lowest BCUT2D eigenvalue weighted by molar-refractivity contribution is 0.0675. The third-order valence-electron chi connectivity index (χ3n) is 5.27. The fourth-order valence-electron chi connectivity index (χ4n) is 3.51. The maximum Gasteiger partial charge on any atom is 0.0249 e. The second-order valence-corrected chi connectivity index (χ2v) is 7.79. The molecular formula is C17H36N2.